The Morgan fingerprint density at radius 3 is 2.65 bits per heavy atom. The summed E-state index contributed by atoms with van der Waals surface area (Å²) in [6.07, 6.45) is 6.36. The zero-order chi connectivity index (χ0) is 22.3. The van der Waals surface area contributed by atoms with Crippen LogP contribution in [0.5, 0.6) is 0 Å². The molecule has 1 N–H and O–H groups in total. The summed E-state index contributed by atoms with van der Waals surface area (Å²) in [4.78, 5) is 25.5. The molecule has 7 nitrogen and oxygen atoms in total. The predicted octanol–water partition coefficient (Wildman–Crippen LogP) is 4.98. The lowest BCUT2D eigenvalue weighted by atomic mass is 9.89. The lowest BCUT2D eigenvalue weighted by molar-refractivity contribution is 0.0994. The zero-order valence-electron chi connectivity index (χ0n) is 18.2. The first kappa shape index (κ1) is 20.7. The molecule has 0 saturated carbocycles. The standard InChI is InChI=1S/C23H24FN5O2/c1-13-20(31-14(2)26-13)21(30)27-16-6-7-18(24)17(8-16)19-12-29-11-15(9-23(3,4)5)10-25-22(29)28-19/h6-8,10-12H,9H2,1-5H3,(H,27,30). The molecule has 0 aliphatic carbocycles. The van der Waals surface area contributed by atoms with E-state index in [1.165, 1.54) is 12.1 Å². The van der Waals surface area contributed by atoms with Crippen LogP contribution in [0.4, 0.5) is 10.1 Å². The number of anilines is 1. The third-order valence-corrected chi connectivity index (χ3v) is 4.71. The fourth-order valence-electron chi connectivity index (χ4n) is 3.49. The number of rotatable bonds is 4. The number of imidazole rings is 1. The number of aromatic nitrogens is 4. The van der Waals surface area contributed by atoms with Gasteiger partial charge in [0.2, 0.25) is 11.5 Å². The van der Waals surface area contributed by atoms with Gasteiger partial charge in [-0.05, 0) is 42.5 Å². The molecule has 0 aliphatic rings. The molecule has 0 atom stereocenters. The van der Waals surface area contributed by atoms with Crippen LogP contribution in [0.2, 0.25) is 0 Å². The van der Waals surface area contributed by atoms with E-state index in [-0.39, 0.29) is 16.7 Å². The number of halogens is 1. The van der Waals surface area contributed by atoms with E-state index in [1.807, 2.05) is 6.20 Å². The first-order chi connectivity index (χ1) is 14.6. The fourth-order valence-corrected chi connectivity index (χ4v) is 3.49. The van der Waals surface area contributed by atoms with E-state index in [0.717, 1.165) is 12.0 Å². The first-order valence-electron chi connectivity index (χ1n) is 9.98. The van der Waals surface area contributed by atoms with Crippen molar-refractivity contribution in [2.45, 2.75) is 41.0 Å². The van der Waals surface area contributed by atoms with Crippen molar-refractivity contribution in [3.63, 3.8) is 0 Å². The molecule has 1 aromatic carbocycles. The molecule has 0 bridgehead atoms. The van der Waals surface area contributed by atoms with Crippen molar-refractivity contribution in [2.75, 3.05) is 5.32 Å². The van der Waals surface area contributed by atoms with Crippen LogP contribution in [-0.2, 0) is 6.42 Å². The highest BCUT2D eigenvalue weighted by Gasteiger charge is 2.18. The Morgan fingerprint density at radius 1 is 1.19 bits per heavy atom. The van der Waals surface area contributed by atoms with Crippen LogP contribution in [0.3, 0.4) is 0 Å². The number of carbonyl (C=O) groups excluding carboxylic acids is 1. The minimum absolute atomic E-state index is 0.123. The van der Waals surface area contributed by atoms with Crippen LogP contribution >= 0.6 is 0 Å². The summed E-state index contributed by atoms with van der Waals surface area (Å²) >= 11 is 0. The van der Waals surface area contributed by atoms with Gasteiger partial charge in [0, 0.05) is 36.8 Å². The lowest BCUT2D eigenvalue weighted by Gasteiger charge is -2.17. The van der Waals surface area contributed by atoms with Gasteiger partial charge in [0.05, 0.1) is 11.4 Å². The average Bonchev–Trinajstić information content (AvgIpc) is 3.24. The third kappa shape index (κ3) is 4.47. The fraction of sp³-hybridized carbons (Fsp3) is 0.304. The minimum atomic E-state index is -0.445. The van der Waals surface area contributed by atoms with E-state index in [2.05, 4.69) is 41.0 Å². The average molecular weight is 421 g/mol. The van der Waals surface area contributed by atoms with Crippen molar-refractivity contribution < 1.29 is 13.6 Å². The molecule has 1 amide bonds. The molecular formula is C23H24FN5O2. The summed E-state index contributed by atoms with van der Waals surface area (Å²) < 4.78 is 21.7. The van der Waals surface area contributed by atoms with E-state index in [1.54, 1.807) is 36.7 Å². The van der Waals surface area contributed by atoms with Crippen molar-refractivity contribution in [3.05, 3.63) is 65.5 Å². The molecule has 0 unspecified atom stereocenters. The van der Waals surface area contributed by atoms with Gasteiger partial charge in [-0.2, -0.15) is 0 Å². The maximum Gasteiger partial charge on any atom is 0.293 e. The van der Waals surface area contributed by atoms with Gasteiger partial charge in [-0.3, -0.25) is 9.20 Å². The smallest absolute Gasteiger partial charge is 0.293 e. The van der Waals surface area contributed by atoms with Crippen molar-refractivity contribution in [1.29, 1.82) is 0 Å². The minimum Gasteiger partial charge on any atom is -0.436 e. The molecule has 160 valence electrons. The van der Waals surface area contributed by atoms with E-state index in [4.69, 9.17) is 4.42 Å². The van der Waals surface area contributed by atoms with Gasteiger partial charge < -0.3 is 9.73 Å². The number of fused-ring (bicyclic) bond motifs is 1. The van der Waals surface area contributed by atoms with Gasteiger partial charge in [0.25, 0.3) is 5.91 Å². The molecule has 4 rings (SSSR count). The number of benzene rings is 1. The van der Waals surface area contributed by atoms with Crippen LogP contribution < -0.4 is 5.32 Å². The van der Waals surface area contributed by atoms with Gasteiger partial charge in [-0.1, -0.05) is 20.8 Å². The number of hydrogen-bond acceptors (Lipinski definition) is 5. The van der Waals surface area contributed by atoms with Gasteiger partial charge in [0.15, 0.2) is 5.89 Å². The van der Waals surface area contributed by atoms with Crippen molar-refractivity contribution in [1.82, 2.24) is 19.4 Å². The van der Waals surface area contributed by atoms with Gasteiger partial charge in [-0.15, -0.1) is 0 Å². The Labute approximate surface area is 179 Å². The molecule has 4 aromatic rings. The summed E-state index contributed by atoms with van der Waals surface area (Å²) in [5, 5.41) is 2.73. The Hall–Kier alpha value is -3.55. The molecule has 0 aliphatic heterocycles. The quantitative estimate of drug-likeness (QED) is 0.502. The Balaban J connectivity index is 1.64. The molecule has 0 fully saturated rings. The summed E-state index contributed by atoms with van der Waals surface area (Å²) in [6, 6.07) is 4.33. The highest BCUT2D eigenvalue weighted by atomic mass is 19.1. The molecule has 8 heteroatoms. The Bertz CT molecular complexity index is 1280. The number of nitrogens with zero attached hydrogens (tertiary/aromatic N) is 4. The van der Waals surface area contributed by atoms with Crippen molar-refractivity contribution >= 4 is 17.4 Å². The van der Waals surface area contributed by atoms with E-state index < -0.39 is 11.7 Å². The number of hydrogen-bond donors (Lipinski definition) is 1. The topological polar surface area (TPSA) is 85.3 Å². The van der Waals surface area contributed by atoms with Crippen molar-refractivity contribution in [2.24, 2.45) is 5.41 Å². The molecule has 0 radical (unpaired) electrons. The van der Waals surface area contributed by atoms with E-state index in [0.29, 0.717) is 28.7 Å². The highest BCUT2D eigenvalue weighted by Crippen LogP contribution is 2.27. The SMILES string of the molecule is Cc1nc(C)c(C(=O)Nc2ccc(F)c(-c3cn4cc(CC(C)(C)C)cnc4n3)c2)o1. The largest absolute Gasteiger partial charge is 0.436 e. The molecule has 31 heavy (non-hydrogen) atoms. The number of oxazole rings is 1. The summed E-state index contributed by atoms with van der Waals surface area (Å²) in [5.74, 6) is 0.133. The molecule has 3 aromatic heterocycles. The van der Waals surface area contributed by atoms with Crippen LogP contribution in [0.15, 0.2) is 41.2 Å². The van der Waals surface area contributed by atoms with Crippen LogP contribution in [-0.4, -0.2) is 25.3 Å². The number of aryl methyl sites for hydroxylation is 2. The summed E-state index contributed by atoms with van der Waals surface area (Å²) in [7, 11) is 0. The molecular weight excluding hydrogens is 397 g/mol. The van der Waals surface area contributed by atoms with Crippen LogP contribution in [0.25, 0.3) is 17.0 Å². The first-order valence-corrected chi connectivity index (χ1v) is 9.98. The molecule has 0 spiro atoms. The van der Waals surface area contributed by atoms with Gasteiger partial charge in [0.1, 0.15) is 5.82 Å². The second-order valence-electron chi connectivity index (χ2n) is 8.83. The van der Waals surface area contributed by atoms with E-state index in [9.17, 15) is 9.18 Å². The zero-order valence-corrected chi connectivity index (χ0v) is 18.2. The van der Waals surface area contributed by atoms with Crippen molar-refractivity contribution in [3.8, 4) is 11.3 Å². The maximum absolute atomic E-state index is 14.6. The highest BCUT2D eigenvalue weighted by molar-refractivity contribution is 6.03. The van der Waals surface area contributed by atoms with Gasteiger partial charge >= 0.3 is 0 Å². The maximum atomic E-state index is 14.6. The van der Waals surface area contributed by atoms with Crippen LogP contribution in [0.1, 0.15) is 48.5 Å². The number of nitrogens with one attached hydrogen (secondary N) is 1. The second kappa shape index (κ2) is 7.61. The van der Waals surface area contributed by atoms with Gasteiger partial charge in [-0.25, -0.2) is 19.3 Å². The normalized spacial score (nSPS) is 11.8. The third-order valence-electron chi connectivity index (χ3n) is 4.71. The lowest BCUT2D eigenvalue weighted by Crippen LogP contribution is -2.12. The summed E-state index contributed by atoms with van der Waals surface area (Å²) in [6.45, 7) is 9.84. The Kier molecular flexibility index (Phi) is 5.08. The monoisotopic (exact) mass is 421 g/mol. The molecule has 0 saturated heterocycles. The number of amides is 1. The second-order valence-corrected chi connectivity index (χ2v) is 8.83. The van der Waals surface area contributed by atoms with E-state index >= 15 is 0 Å². The summed E-state index contributed by atoms with van der Waals surface area (Å²) in [5.41, 5.74) is 2.82. The molecule has 3 heterocycles. The Morgan fingerprint density at radius 2 is 1.97 bits per heavy atom. The predicted molar refractivity (Wildman–Crippen MR) is 115 cm³/mol. The number of carbonyl (C=O) groups is 1. The van der Waals surface area contributed by atoms with Crippen LogP contribution in [0, 0.1) is 25.1 Å².